The van der Waals surface area contributed by atoms with Gasteiger partial charge >= 0.3 is 6.61 Å². The Hall–Kier alpha value is -1.93. The minimum Gasteiger partial charge on any atom is -0.484 e. The lowest BCUT2D eigenvalue weighted by atomic mass is 10.2. The van der Waals surface area contributed by atoms with E-state index in [4.69, 9.17) is 4.74 Å². The van der Waals surface area contributed by atoms with Crippen LogP contribution in [0, 0.1) is 6.92 Å². The van der Waals surface area contributed by atoms with Crippen LogP contribution in [0.4, 0.5) is 14.5 Å². The second-order valence-electron chi connectivity index (χ2n) is 6.14. The van der Waals surface area contributed by atoms with Crippen LogP contribution in [0.25, 0.3) is 0 Å². The van der Waals surface area contributed by atoms with E-state index < -0.39 is 6.61 Å². The number of hydrogen-bond acceptors (Lipinski definition) is 5. The molecule has 2 aromatic carbocycles. The molecule has 0 unspecified atom stereocenters. The molecule has 0 aliphatic carbocycles. The maximum Gasteiger partial charge on any atom is 0.387 e. The summed E-state index contributed by atoms with van der Waals surface area (Å²) in [6.45, 7) is -1.49. The maximum atomic E-state index is 12.4. The van der Waals surface area contributed by atoms with Gasteiger partial charge in [0.2, 0.25) is 0 Å². The summed E-state index contributed by atoms with van der Waals surface area (Å²) >= 11 is 3.90. The summed E-state index contributed by atoms with van der Waals surface area (Å²) in [5.41, 5.74) is 2.09. The van der Waals surface area contributed by atoms with Crippen LogP contribution in [0.3, 0.4) is 0 Å². The normalized spacial score (nSPS) is 14.7. The van der Waals surface area contributed by atoms with Crippen LogP contribution in [0.15, 0.2) is 42.5 Å². The van der Waals surface area contributed by atoms with Gasteiger partial charge in [-0.15, -0.1) is 23.5 Å². The van der Waals surface area contributed by atoms with Gasteiger partial charge in [-0.05, 0) is 54.7 Å². The van der Waals surface area contributed by atoms with Gasteiger partial charge in [0, 0.05) is 11.3 Å². The lowest BCUT2D eigenvalue weighted by molar-refractivity contribution is -0.118. The lowest BCUT2D eigenvalue weighted by Gasteiger charge is -2.21. The first-order valence-corrected chi connectivity index (χ1v) is 10.9. The van der Waals surface area contributed by atoms with Gasteiger partial charge in [0.05, 0.1) is 4.58 Å². The molecule has 1 fully saturated rings. The topological polar surface area (TPSA) is 47.6 Å². The number of amides is 1. The Morgan fingerprint density at radius 1 is 1.18 bits per heavy atom. The van der Waals surface area contributed by atoms with Crippen molar-refractivity contribution in [2.24, 2.45) is 0 Å². The van der Waals surface area contributed by atoms with Gasteiger partial charge in [-0.2, -0.15) is 8.78 Å². The van der Waals surface area contributed by atoms with Crippen molar-refractivity contribution < 1.29 is 23.0 Å². The molecule has 1 N–H and O–H groups in total. The van der Waals surface area contributed by atoms with Crippen molar-refractivity contribution in [2.75, 3.05) is 23.4 Å². The van der Waals surface area contributed by atoms with Gasteiger partial charge in [-0.3, -0.25) is 4.79 Å². The largest absolute Gasteiger partial charge is 0.484 e. The maximum absolute atomic E-state index is 12.4. The molecule has 1 amide bonds. The molecule has 1 saturated heterocycles. The van der Waals surface area contributed by atoms with Gasteiger partial charge in [-0.1, -0.05) is 18.2 Å². The van der Waals surface area contributed by atoms with Crippen molar-refractivity contribution in [3.8, 4) is 11.5 Å². The van der Waals surface area contributed by atoms with Crippen molar-refractivity contribution in [2.45, 2.75) is 24.5 Å². The number of carbonyl (C=O) groups is 1. The standard InChI is InChI=1S/C20H21F2NO3S2/c1-13-16(4-2-5-17(13)26-20(21)22)23-18(24)12-25-15-8-6-14(7-9-15)19-27-10-3-11-28-19/h2,4-9,19-20H,3,10-12H2,1H3,(H,23,24). The number of alkyl halides is 2. The molecular weight excluding hydrogens is 404 g/mol. The molecule has 8 heteroatoms. The molecule has 28 heavy (non-hydrogen) atoms. The number of rotatable bonds is 7. The van der Waals surface area contributed by atoms with Gasteiger partial charge < -0.3 is 14.8 Å². The Labute approximate surface area is 171 Å². The Morgan fingerprint density at radius 3 is 2.57 bits per heavy atom. The zero-order valence-electron chi connectivity index (χ0n) is 15.3. The minimum absolute atomic E-state index is 0.0303. The smallest absolute Gasteiger partial charge is 0.387 e. The van der Waals surface area contributed by atoms with Crippen molar-refractivity contribution in [3.05, 3.63) is 53.6 Å². The predicted octanol–water partition coefficient (Wildman–Crippen LogP) is 5.48. The van der Waals surface area contributed by atoms with Crippen molar-refractivity contribution in [1.29, 1.82) is 0 Å². The fourth-order valence-electron chi connectivity index (χ4n) is 2.71. The highest BCUT2D eigenvalue weighted by molar-refractivity contribution is 8.16. The molecule has 0 radical (unpaired) electrons. The average Bonchev–Trinajstić information content (AvgIpc) is 2.70. The summed E-state index contributed by atoms with van der Waals surface area (Å²) < 4.78 is 35.3. The first kappa shape index (κ1) is 20.8. The summed E-state index contributed by atoms with van der Waals surface area (Å²) in [7, 11) is 0. The molecule has 1 aliphatic rings. The SMILES string of the molecule is Cc1c(NC(=O)COc2ccc(C3SCCCS3)cc2)cccc1OC(F)F. The van der Waals surface area contributed by atoms with Crippen molar-refractivity contribution >= 4 is 35.1 Å². The number of nitrogens with one attached hydrogen (secondary N) is 1. The summed E-state index contributed by atoms with van der Waals surface area (Å²) in [6, 6.07) is 12.4. The van der Waals surface area contributed by atoms with E-state index in [1.54, 1.807) is 19.1 Å². The third-order valence-electron chi connectivity index (χ3n) is 4.12. The Kier molecular flexibility index (Phi) is 7.44. The van der Waals surface area contributed by atoms with Gasteiger partial charge in [-0.25, -0.2) is 0 Å². The quantitative estimate of drug-likeness (QED) is 0.636. The average molecular weight is 426 g/mol. The van der Waals surface area contributed by atoms with E-state index in [9.17, 15) is 13.6 Å². The van der Waals surface area contributed by atoms with Gasteiger partial charge in [0.25, 0.3) is 5.91 Å². The Bertz CT molecular complexity index is 797. The lowest BCUT2D eigenvalue weighted by Crippen LogP contribution is -2.20. The first-order valence-electron chi connectivity index (χ1n) is 8.83. The van der Waals surface area contributed by atoms with Crippen molar-refractivity contribution in [3.63, 3.8) is 0 Å². The number of hydrogen-bond donors (Lipinski definition) is 1. The van der Waals surface area contributed by atoms with Crippen LogP contribution in [0.5, 0.6) is 11.5 Å². The third kappa shape index (κ3) is 5.78. The second kappa shape index (κ2) is 10.0. The van der Waals surface area contributed by atoms with Crippen molar-refractivity contribution in [1.82, 2.24) is 0 Å². The van der Waals surface area contributed by atoms with Crippen LogP contribution in [-0.2, 0) is 4.79 Å². The first-order chi connectivity index (χ1) is 13.5. The summed E-state index contributed by atoms with van der Waals surface area (Å²) in [4.78, 5) is 12.2. The highest BCUT2D eigenvalue weighted by Gasteiger charge is 2.16. The summed E-state index contributed by atoms with van der Waals surface area (Å²) in [6.07, 6.45) is 1.25. The molecule has 150 valence electrons. The van der Waals surface area contributed by atoms with Gasteiger partial charge in [0.1, 0.15) is 11.5 Å². The highest BCUT2D eigenvalue weighted by atomic mass is 32.2. The molecular formula is C20H21F2NO3S2. The zero-order chi connectivity index (χ0) is 19.9. The highest BCUT2D eigenvalue weighted by Crippen LogP contribution is 2.43. The molecule has 2 aromatic rings. The summed E-state index contributed by atoms with van der Waals surface area (Å²) in [5.74, 6) is 2.62. The van der Waals surface area contributed by atoms with E-state index >= 15 is 0 Å². The predicted molar refractivity (Wildman–Crippen MR) is 111 cm³/mol. The fourth-order valence-corrected chi connectivity index (χ4v) is 5.60. The number of ether oxygens (including phenoxy) is 2. The van der Waals surface area contributed by atoms with E-state index in [2.05, 4.69) is 10.1 Å². The number of anilines is 1. The van der Waals surface area contributed by atoms with Gasteiger partial charge in [0.15, 0.2) is 6.61 Å². The number of benzene rings is 2. The zero-order valence-corrected chi connectivity index (χ0v) is 17.0. The van der Waals surface area contributed by atoms with E-state index in [0.29, 0.717) is 21.6 Å². The van der Waals surface area contributed by atoms with Crippen LogP contribution in [0.2, 0.25) is 0 Å². The molecule has 0 saturated carbocycles. The summed E-state index contributed by atoms with van der Waals surface area (Å²) in [5, 5.41) is 2.66. The van der Waals surface area contributed by atoms with E-state index in [0.717, 1.165) is 0 Å². The molecule has 1 aliphatic heterocycles. The molecule has 0 spiro atoms. The number of thioether (sulfide) groups is 2. The van der Waals surface area contributed by atoms with Crippen LogP contribution >= 0.6 is 23.5 Å². The van der Waals surface area contributed by atoms with Crippen LogP contribution in [0.1, 0.15) is 22.1 Å². The van der Waals surface area contributed by atoms with Crippen LogP contribution in [-0.4, -0.2) is 30.6 Å². The Morgan fingerprint density at radius 2 is 1.89 bits per heavy atom. The monoisotopic (exact) mass is 425 g/mol. The van der Waals surface area contributed by atoms with E-state index in [1.807, 2.05) is 47.8 Å². The molecule has 0 atom stereocenters. The molecule has 0 bridgehead atoms. The number of carbonyl (C=O) groups excluding carboxylic acids is 1. The molecule has 3 rings (SSSR count). The fraction of sp³-hybridized carbons (Fsp3) is 0.350. The third-order valence-corrected chi connectivity index (χ3v) is 7.14. The Balaban J connectivity index is 1.53. The molecule has 4 nitrogen and oxygen atoms in total. The molecule has 1 heterocycles. The van der Waals surface area contributed by atoms with E-state index in [-0.39, 0.29) is 18.3 Å². The number of halogens is 2. The van der Waals surface area contributed by atoms with E-state index in [1.165, 1.54) is 29.6 Å². The second-order valence-corrected chi connectivity index (χ2v) is 8.86. The molecule has 0 aromatic heterocycles. The van der Waals surface area contributed by atoms with Crippen LogP contribution < -0.4 is 14.8 Å². The minimum atomic E-state index is -2.92.